The minimum atomic E-state index is -0.890. The number of nitrogens with zero attached hydrogens (tertiary/aromatic N) is 2. The van der Waals surface area contributed by atoms with Gasteiger partial charge in [0, 0.05) is 42.1 Å². The number of fused-ring (bicyclic) bond motifs is 3. The van der Waals surface area contributed by atoms with Crippen molar-refractivity contribution in [3.05, 3.63) is 89.6 Å². The molecule has 40 heavy (non-hydrogen) atoms. The van der Waals surface area contributed by atoms with Crippen molar-refractivity contribution in [2.75, 3.05) is 18.8 Å². The molecule has 1 amide bonds. The number of amides is 1. The molecule has 1 aliphatic heterocycles. The zero-order chi connectivity index (χ0) is 27.9. The number of nitrogens with two attached hydrogens (primary N) is 1. The van der Waals surface area contributed by atoms with Crippen molar-refractivity contribution in [1.82, 2.24) is 9.88 Å². The summed E-state index contributed by atoms with van der Waals surface area (Å²) in [5.74, 6) is 0.415. The number of likely N-dealkylation sites (tertiary alicyclic amines) is 1. The Bertz CT molecular complexity index is 1610. The largest absolute Gasteiger partial charge is 0.485 e. The zero-order valence-corrected chi connectivity index (χ0v) is 22.6. The van der Waals surface area contributed by atoms with E-state index in [9.17, 15) is 14.7 Å². The van der Waals surface area contributed by atoms with Crippen LogP contribution >= 0.6 is 0 Å². The third-order valence-corrected chi connectivity index (χ3v) is 8.65. The highest BCUT2D eigenvalue weighted by Gasteiger charge is 2.47. The molecule has 0 unspecified atom stereocenters. The lowest BCUT2D eigenvalue weighted by atomic mass is 9.73. The molecule has 204 valence electrons. The molecule has 1 saturated heterocycles. The second-order valence-corrected chi connectivity index (χ2v) is 10.9. The number of hydrogen-bond acceptors (Lipinski definition) is 5. The van der Waals surface area contributed by atoms with Crippen LogP contribution in [0.25, 0.3) is 21.9 Å². The summed E-state index contributed by atoms with van der Waals surface area (Å²) in [4.78, 5) is 30.2. The van der Waals surface area contributed by atoms with Gasteiger partial charge in [0.25, 0.3) is 0 Å². The van der Waals surface area contributed by atoms with Crippen LogP contribution in [0.2, 0.25) is 0 Å². The summed E-state index contributed by atoms with van der Waals surface area (Å²) in [7, 11) is 0. The highest BCUT2D eigenvalue weighted by atomic mass is 16.5. The second-order valence-electron chi connectivity index (χ2n) is 10.9. The average Bonchev–Trinajstić information content (AvgIpc) is 3.25. The number of carbonyl (C=O) groups excluding carboxylic acids is 1. The Labute approximate surface area is 233 Å². The number of ether oxygens (including phenoxy) is 1. The van der Waals surface area contributed by atoms with E-state index in [2.05, 4.69) is 29.2 Å². The van der Waals surface area contributed by atoms with E-state index >= 15 is 0 Å². The number of carboxylic acids is 1. The Hall–Kier alpha value is -4.39. The highest BCUT2D eigenvalue weighted by Crippen LogP contribution is 2.53. The topological polar surface area (TPSA) is 106 Å². The first-order valence-corrected chi connectivity index (χ1v) is 13.9. The summed E-state index contributed by atoms with van der Waals surface area (Å²) in [5.41, 5.74) is 11.3. The van der Waals surface area contributed by atoms with E-state index in [1.54, 1.807) is 6.20 Å². The SMILES string of the molecule is CCC(=O)N1CCC2(CC1)C[C@H](Oc1ccccc1CC(=O)O)c1cc(-c3cccc4c(N)nccc34)ccc12. The van der Waals surface area contributed by atoms with Gasteiger partial charge in [0.1, 0.15) is 17.7 Å². The lowest BCUT2D eigenvalue weighted by molar-refractivity contribution is -0.136. The number of piperidine rings is 1. The second kappa shape index (κ2) is 10.3. The van der Waals surface area contributed by atoms with Gasteiger partial charge in [-0.3, -0.25) is 9.59 Å². The van der Waals surface area contributed by atoms with Gasteiger partial charge in [0.2, 0.25) is 5.91 Å². The van der Waals surface area contributed by atoms with Crippen molar-refractivity contribution in [3.63, 3.8) is 0 Å². The lowest BCUT2D eigenvalue weighted by Gasteiger charge is -2.40. The number of carbonyl (C=O) groups is 2. The monoisotopic (exact) mass is 535 g/mol. The molecule has 3 N–H and O–H groups in total. The normalized spacial score (nSPS) is 17.6. The molecule has 3 aromatic carbocycles. The number of anilines is 1. The molecule has 0 saturated carbocycles. The lowest BCUT2D eigenvalue weighted by Crippen LogP contribution is -2.44. The molecule has 7 nitrogen and oxygen atoms in total. The number of aliphatic carboxylic acids is 1. The van der Waals surface area contributed by atoms with Crippen LogP contribution in [0.4, 0.5) is 5.82 Å². The number of hydrogen-bond donors (Lipinski definition) is 2. The van der Waals surface area contributed by atoms with Gasteiger partial charge in [-0.1, -0.05) is 55.5 Å². The van der Waals surface area contributed by atoms with Crippen molar-refractivity contribution in [2.45, 2.75) is 50.5 Å². The van der Waals surface area contributed by atoms with Crippen molar-refractivity contribution >= 4 is 28.5 Å². The molecule has 1 atom stereocenters. The van der Waals surface area contributed by atoms with Crippen molar-refractivity contribution in [1.29, 1.82) is 0 Å². The van der Waals surface area contributed by atoms with Gasteiger partial charge in [-0.05, 0) is 65.1 Å². The molecular weight excluding hydrogens is 502 g/mol. The summed E-state index contributed by atoms with van der Waals surface area (Å²) in [6.45, 7) is 3.37. The Balaban J connectivity index is 1.42. The fourth-order valence-corrected chi connectivity index (χ4v) is 6.60. The van der Waals surface area contributed by atoms with Crippen LogP contribution in [0.3, 0.4) is 0 Å². The molecule has 4 aromatic rings. The molecule has 7 heteroatoms. The van der Waals surface area contributed by atoms with Gasteiger partial charge >= 0.3 is 5.97 Å². The molecule has 6 rings (SSSR count). The van der Waals surface area contributed by atoms with Crippen molar-refractivity contribution in [2.24, 2.45) is 0 Å². The number of para-hydroxylation sites is 1. The van der Waals surface area contributed by atoms with Gasteiger partial charge in [0.15, 0.2) is 0 Å². The van der Waals surface area contributed by atoms with Crippen LogP contribution in [0, 0.1) is 0 Å². The first kappa shape index (κ1) is 25.9. The van der Waals surface area contributed by atoms with E-state index in [1.165, 1.54) is 5.56 Å². The Morgan fingerprint density at radius 2 is 1.85 bits per heavy atom. The molecule has 1 fully saturated rings. The fraction of sp³-hybridized carbons (Fsp3) is 0.303. The Kier molecular flexibility index (Phi) is 6.66. The van der Waals surface area contributed by atoms with Crippen LogP contribution in [-0.2, 0) is 21.4 Å². The number of rotatable bonds is 6. The predicted molar refractivity (Wildman–Crippen MR) is 155 cm³/mol. The van der Waals surface area contributed by atoms with E-state index in [0.29, 0.717) is 23.6 Å². The van der Waals surface area contributed by atoms with E-state index in [4.69, 9.17) is 10.5 Å². The Morgan fingerprint density at radius 3 is 2.62 bits per heavy atom. The van der Waals surface area contributed by atoms with E-state index < -0.39 is 5.97 Å². The van der Waals surface area contributed by atoms with Gasteiger partial charge in [-0.25, -0.2) is 4.98 Å². The summed E-state index contributed by atoms with van der Waals surface area (Å²) in [6.07, 6.45) is 4.45. The molecule has 2 aliphatic rings. The van der Waals surface area contributed by atoms with Gasteiger partial charge in [-0.15, -0.1) is 0 Å². The van der Waals surface area contributed by atoms with Crippen LogP contribution in [0.1, 0.15) is 55.4 Å². The maximum atomic E-state index is 12.4. The number of nitrogen functional groups attached to an aromatic ring is 1. The van der Waals surface area contributed by atoms with Crippen LogP contribution in [0.15, 0.2) is 72.9 Å². The van der Waals surface area contributed by atoms with E-state index in [1.807, 2.05) is 54.3 Å². The molecule has 1 aromatic heterocycles. The van der Waals surface area contributed by atoms with Gasteiger partial charge in [-0.2, -0.15) is 0 Å². The van der Waals surface area contributed by atoms with E-state index in [0.717, 1.165) is 59.8 Å². The average molecular weight is 536 g/mol. The minimum absolute atomic E-state index is 0.0967. The van der Waals surface area contributed by atoms with Crippen LogP contribution in [0.5, 0.6) is 5.75 Å². The molecule has 1 aliphatic carbocycles. The minimum Gasteiger partial charge on any atom is -0.485 e. The quantitative estimate of drug-likeness (QED) is 0.318. The smallest absolute Gasteiger partial charge is 0.307 e. The summed E-state index contributed by atoms with van der Waals surface area (Å²) in [5, 5.41) is 11.4. The summed E-state index contributed by atoms with van der Waals surface area (Å²) >= 11 is 0. The zero-order valence-electron chi connectivity index (χ0n) is 22.6. The van der Waals surface area contributed by atoms with Crippen molar-refractivity contribution in [3.8, 4) is 16.9 Å². The molecule has 0 radical (unpaired) electrons. The summed E-state index contributed by atoms with van der Waals surface area (Å²) < 4.78 is 6.68. The van der Waals surface area contributed by atoms with Crippen LogP contribution < -0.4 is 10.5 Å². The predicted octanol–water partition coefficient (Wildman–Crippen LogP) is 5.91. The number of carboxylic acid groups (broad SMARTS) is 1. The Morgan fingerprint density at radius 1 is 1.05 bits per heavy atom. The third kappa shape index (κ3) is 4.55. The fourth-order valence-electron chi connectivity index (χ4n) is 6.60. The maximum absolute atomic E-state index is 12.4. The molecule has 2 heterocycles. The molecule has 0 bridgehead atoms. The van der Waals surface area contributed by atoms with Crippen LogP contribution in [-0.4, -0.2) is 40.0 Å². The third-order valence-electron chi connectivity index (χ3n) is 8.65. The van der Waals surface area contributed by atoms with Gasteiger partial charge in [0.05, 0.1) is 6.42 Å². The first-order valence-electron chi connectivity index (χ1n) is 13.9. The van der Waals surface area contributed by atoms with Gasteiger partial charge < -0.3 is 20.5 Å². The summed E-state index contributed by atoms with van der Waals surface area (Å²) in [6, 6.07) is 22.1. The number of pyridine rings is 1. The first-order chi connectivity index (χ1) is 19.4. The van der Waals surface area contributed by atoms with Crippen molar-refractivity contribution < 1.29 is 19.4 Å². The number of benzene rings is 3. The molecular formula is C33H33N3O4. The molecule has 1 spiro atoms. The maximum Gasteiger partial charge on any atom is 0.307 e. The number of aromatic nitrogens is 1. The highest BCUT2D eigenvalue weighted by molar-refractivity contribution is 6.01. The standard InChI is InChI=1S/C33H33N3O4/c1-2-30(37)36-16-13-33(14-17-36)20-29(40-28-9-4-3-6-22(28)19-31(38)39)26-18-21(10-11-27(26)33)23-7-5-8-25-24(23)12-15-35-32(25)34/h3-12,15,18,29H,2,13-14,16-17,19-20H2,1H3,(H2,34,35)(H,38,39)/t29-/m0/s1. The van der Waals surface area contributed by atoms with E-state index in [-0.39, 0.29) is 23.8 Å².